The van der Waals surface area contributed by atoms with E-state index in [2.05, 4.69) is 58.1 Å². The normalized spacial score (nSPS) is 34.0. The zero-order valence-electron chi connectivity index (χ0n) is 29.9. The van der Waals surface area contributed by atoms with Crippen molar-refractivity contribution < 1.29 is 43.5 Å². The van der Waals surface area contributed by atoms with Gasteiger partial charge in [-0.25, -0.2) is 0 Å². The number of carbonyl (C=O) groups excluding carboxylic acids is 1. The summed E-state index contributed by atoms with van der Waals surface area (Å²) in [4.78, 5) is 13.6. The molecule has 6 aliphatic heterocycles. The third kappa shape index (κ3) is 9.23. The van der Waals surface area contributed by atoms with E-state index in [4.69, 9.17) is 4.74 Å². The third-order valence-corrected chi connectivity index (χ3v) is 12.2. The number of esters is 1. The van der Waals surface area contributed by atoms with Gasteiger partial charge in [0.25, 0.3) is 0 Å². The highest BCUT2D eigenvalue weighted by molar-refractivity contribution is 5.81. The average Bonchev–Trinajstić information content (AvgIpc) is 3.61. The van der Waals surface area contributed by atoms with Gasteiger partial charge in [0.05, 0.1) is 54.4 Å². The van der Waals surface area contributed by atoms with Crippen molar-refractivity contribution >= 4 is 17.9 Å². The number of unbranched alkanes of at least 4 members (excludes halogenated alkanes) is 8. The highest BCUT2D eigenvalue weighted by atomic mass is 35.5. The molecule has 47 heavy (non-hydrogen) atoms. The van der Waals surface area contributed by atoms with Gasteiger partial charge in [-0.3, -0.25) is 35.2 Å². The first-order valence-corrected chi connectivity index (χ1v) is 19.5. The number of guanidine groups is 2. The van der Waals surface area contributed by atoms with E-state index in [1.165, 1.54) is 121 Å². The predicted molar refractivity (Wildman–Crippen MR) is 182 cm³/mol. The highest BCUT2D eigenvalue weighted by Gasteiger charge is 2.53. The number of nitrogens with zero attached hydrogens (tertiary/aromatic N) is 2. The van der Waals surface area contributed by atoms with Crippen LogP contribution in [0.1, 0.15) is 156 Å². The lowest BCUT2D eigenvalue weighted by Gasteiger charge is -2.38. The summed E-state index contributed by atoms with van der Waals surface area (Å²) < 4.78 is 11.3. The van der Waals surface area contributed by atoms with E-state index in [1.54, 1.807) is 0 Å². The molecule has 0 saturated carbocycles. The Balaban J connectivity index is 0.00000250. The SMILES string of the molecule is CCCCCCCCC[C@@H]1C[C@@H]2CC[C@H]3[C@H](C(=O)O[C@H](C)CCCCC[C@@H]4C[C@@H]5CC[C@@H]6C[C@H](C)NC(=[N+]65)N4)[C@@H](C)NC(=[N+]23)N1.[Cl-].[Cl-]. The molecule has 2 fully saturated rings. The van der Waals surface area contributed by atoms with Gasteiger partial charge in [-0.15, -0.1) is 0 Å². The molecule has 6 heterocycles. The quantitative estimate of drug-likeness (QED) is 0.0994. The molecule has 0 unspecified atom stereocenters. The van der Waals surface area contributed by atoms with Crippen LogP contribution in [-0.4, -0.2) is 81.5 Å². The Hall–Kier alpha value is -1.41. The van der Waals surface area contributed by atoms with Gasteiger partial charge in [-0.1, -0.05) is 64.7 Å². The Bertz CT molecular complexity index is 1090. The Morgan fingerprint density at radius 3 is 1.96 bits per heavy atom. The van der Waals surface area contributed by atoms with Crippen LogP contribution in [0.2, 0.25) is 0 Å². The maximum absolute atomic E-state index is 13.6. The second kappa shape index (κ2) is 18.0. The molecule has 10 heteroatoms. The van der Waals surface area contributed by atoms with E-state index < -0.39 is 0 Å². The van der Waals surface area contributed by atoms with Crippen LogP contribution in [0.4, 0.5) is 0 Å². The van der Waals surface area contributed by atoms with Gasteiger partial charge < -0.3 is 29.6 Å². The number of rotatable bonds is 16. The number of hydrogen-bond donors (Lipinski definition) is 4. The minimum atomic E-state index is -0.0941. The van der Waals surface area contributed by atoms with E-state index in [9.17, 15) is 4.79 Å². The second-order valence-corrected chi connectivity index (χ2v) is 15.9. The highest BCUT2D eigenvalue weighted by Crippen LogP contribution is 2.36. The lowest BCUT2D eigenvalue weighted by molar-refractivity contribution is -0.598. The van der Waals surface area contributed by atoms with Crippen molar-refractivity contribution in [1.29, 1.82) is 0 Å². The first kappa shape index (κ1) is 38.4. The molecule has 0 aromatic carbocycles. The van der Waals surface area contributed by atoms with E-state index in [1.807, 2.05) is 0 Å². The molecule has 0 radical (unpaired) electrons. The van der Waals surface area contributed by atoms with Crippen LogP contribution in [0.15, 0.2) is 0 Å². The van der Waals surface area contributed by atoms with Crippen molar-refractivity contribution in [1.82, 2.24) is 21.3 Å². The molecule has 270 valence electrons. The summed E-state index contributed by atoms with van der Waals surface area (Å²) in [5.74, 6) is 2.41. The van der Waals surface area contributed by atoms with E-state index in [0.717, 1.165) is 31.3 Å². The van der Waals surface area contributed by atoms with Crippen LogP contribution in [-0.2, 0) is 9.53 Å². The third-order valence-electron chi connectivity index (χ3n) is 12.2. The standard InChI is InChI=1S/C37H64N6O2.2ClH/c1-5-6-7-8-9-10-13-16-29-24-32-20-21-33-34(27(4)39-37(41-29)43(32)33)35(44)45-26(3)15-12-11-14-17-28-23-31-19-18-30-22-25(2)38-36(40-28)42(30)31;;/h25-34H,5-24H2,1-4H3,(H2,38,39,40,41);2*1H/t25-,26+,27+,28+,29+,30+,31-,32-,33-,34+;;/m0../s1. The zero-order chi connectivity index (χ0) is 31.3. The fourth-order valence-corrected chi connectivity index (χ4v) is 9.94. The Labute approximate surface area is 298 Å². The maximum Gasteiger partial charge on any atom is 0.346 e. The zero-order valence-corrected chi connectivity index (χ0v) is 31.4. The lowest BCUT2D eigenvalue weighted by atomic mass is 9.89. The van der Waals surface area contributed by atoms with Crippen LogP contribution in [0, 0.1) is 5.92 Å². The fourth-order valence-electron chi connectivity index (χ4n) is 9.94. The first-order valence-electron chi connectivity index (χ1n) is 19.5. The molecule has 6 rings (SSSR count). The minimum Gasteiger partial charge on any atom is -1.00 e. The summed E-state index contributed by atoms with van der Waals surface area (Å²) in [7, 11) is 0. The topological polar surface area (TPSA) is 80.4 Å². The molecule has 0 aromatic rings. The van der Waals surface area contributed by atoms with Crippen molar-refractivity contribution in [3.63, 3.8) is 0 Å². The lowest BCUT2D eigenvalue weighted by Crippen LogP contribution is -3.00. The minimum absolute atomic E-state index is 0. The molecule has 0 aliphatic carbocycles. The van der Waals surface area contributed by atoms with Gasteiger partial charge in [0.1, 0.15) is 5.92 Å². The molecule has 10 atom stereocenters. The molecule has 0 bridgehead atoms. The average molecular weight is 698 g/mol. The Morgan fingerprint density at radius 1 is 0.723 bits per heavy atom. The smallest absolute Gasteiger partial charge is 0.346 e. The van der Waals surface area contributed by atoms with Gasteiger partial charge in [0.15, 0.2) is 0 Å². The molecule has 0 spiro atoms. The molecule has 0 amide bonds. The van der Waals surface area contributed by atoms with Gasteiger partial charge in [-0.05, 0) is 72.1 Å². The van der Waals surface area contributed by atoms with Crippen LogP contribution in [0.3, 0.4) is 0 Å². The summed E-state index contributed by atoms with van der Waals surface area (Å²) in [5, 5.41) is 15.1. The number of ether oxygens (including phenoxy) is 1. The molecule has 4 N–H and O–H groups in total. The number of halogens is 2. The van der Waals surface area contributed by atoms with E-state index >= 15 is 0 Å². The molecule has 6 aliphatic rings. The molecule has 8 nitrogen and oxygen atoms in total. The van der Waals surface area contributed by atoms with Gasteiger partial charge in [0.2, 0.25) is 0 Å². The van der Waals surface area contributed by atoms with Crippen LogP contribution >= 0.6 is 0 Å². The fraction of sp³-hybridized carbons (Fsp3) is 0.919. The first-order chi connectivity index (χ1) is 21.9. The predicted octanol–water partition coefficient (Wildman–Crippen LogP) is -0.470. The molecule has 0 aromatic heterocycles. The summed E-state index contributed by atoms with van der Waals surface area (Å²) in [5.41, 5.74) is 0. The summed E-state index contributed by atoms with van der Waals surface area (Å²) in [6, 6.07) is 4.12. The van der Waals surface area contributed by atoms with Crippen molar-refractivity contribution in [3.8, 4) is 0 Å². The Morgan fingerprint density at radius 2 is 1.28 bits per heavy atom. The molecule has 2 saturated heterocycles. The number of hydrogen-bond acceptors (Lipinski definition) is 6. The van der Waals surface area contributed by atoms with E-state index in [0.29, 0.717) is 24.2 Å². The Kier molecular flexibility index (Phi) is 14.7. The maximum atomic E-state index is 13.6. The van der Waals surface area contributed by atoms with Crippen molar-refractivity contribution in [2.75, 3.05) is 0 Å². The van der Waals surface area contributed by atoms with Crippen LogP contribution in [0.25, 0.3) is 0 Å². The van der Waals surface area contributed by atoms with Crippen LogP contribution < -0.4 is 46.1 Å². The second-order valence-electron chi connectivity index (χ2n) is 15.9. The summed E-state index contributed by atoms with van der Waals surface area (Å²) in [6.07, 6.45) is 25.4. The monoisotopic (exact) mass is 696 g/mol. The number of nitrogens with one attached hydrogen (secondary N) is 4. The van der Waals surface area contributed by atoms with Crippen molar-refractivity contribution in [2.45, 2.75) is 211 Å². The molecular weight excluding hydrogens is 631 g/mol. The summed E-state index contributed by atoms with van der Waals surface area (Å²) >= 11 is 0. The van der Waals surface area contributed by atoms with Gasteiger partial charge in [-0.2, -0.15) is 0 Å². The molecular formula is C37H66Cl2N6O2. The van der Waals surface area contributed by atoms with Gasteiger partial charge >= 0.3 is 17.9 Å². The van der Waals surface area contributed by atoms with Crippen molar-refractivity contribution in [2.24, 2.45) is 5.92 Å². The largest absolute Gasteiger partial charge is 1.00 e. The van der Waals surface area contributed by atoms with Crippen molar-refractivity contribution in [3.05, 3.63) is 0 Å². The van der Waals surface area contributed by atoms with Gasteiger partial charge in [0, 0.05) is 19.3 Å². The summed E-state index contributed by atoms with van der Waals surface area (Å²) in [6.45, 7) is 8.89. The van der Waals surface area contributed by atoms with Crippen LogP contribution in [0.5, 0.6) is 0 Å². The number of carbonyl (C=O) groups is 1. The van der Waals surface area contributed by atoms with E-state index in [-0.39, 0.29) is 54.9 Å².